The third-order valence-electron chi connectivity index (χ3n) is 6.21. The SMILES string of the molecule is CC(C)C(=O)[C@H](CN)NC(=O)[C@@H](CC(=O)[C@@H]1CCCC(c2ccccc2)C1)[C@H](C)O. The number of nitrogens with two attached hydrogens (primary N) is 1. The van der Waals surface area contributed by atoms with Crippen molar-refractivity contribution < 1.29 is 19.5 Å². The molecule has 0 bridgehead atoms. The molecule has 2 rings (SSSR count). The van der Waals surface area contributed by atoms with Crippen LogP contribution in [0.15, 0.2) is 30.3 Å². The number of aliphatic hydroxyl groups is 1. The molecule has 0 aliphatic heterocycles. The Morgan fingerprint density at radius 2 is 1.80 bits per heavy atom. The maximum atomic E-state index is 13.0. The fourth-order valence-corrected chi connectivity index (χ4v) is 4.30. The van der Waals surface area contributed by atoms with Gasteiger partial charge in [0.2, 0.25) is 5.91 Å². The van der Waals surface area contributed by atoms with E-state index >= 15 is 0 Å². The fraction of sp³-hybridized carbons (Fsp3) is 0.625. The van der Waals surface area contributed by atoms with Gasteiger partial charge in [0.1, 0.15) is 5.78 Å². The van der Waals surface area contributed by atoms with Gasteiger partial charge in [-0.1, -0.05) is 50.6 Å². The number of hydrogen-bond acceptors (Lipinski definition) is 5. The lowest BCUT2D eigenvalue weighted by molar-refractivity contribution is -0.137. The topological polar surface area (TPSA) is 109 Å². The van der Waals surface area contributed by atoms with Gasteiger partial charge in [0, 0.05) is 24.8 Å². The Morgan fingerprint density at radius 3 is 2.37 bits per heavy atom. The molecular formula is C24H36N2O4. The second kappa shape index (κ2) is 11.4. The predicted molar refractivity (Wildman–Crippen MR) is 117 cm³/mol. The van der Waals surface area contributed by atoms with Crippen LogP contribution in [0.1, 0.15) is 64.4 Å². The average molecular weight is 417 g/mol. The monoisotopic (exact) mass is 416 g/mol. The van der Waals surface area contributed by atoms with Crippen LogP contribution in [-0.2, 0) is 14.4 Å². The highest BCUT2D eigenvalue weighted by atomic mass is 16.3. The summed E-state index contributed by atoms with van der Waals surface area (Å²) in [6.07, 6.45) is 2.60. The van der Waals surface area contributed by atoms with Crippen LogP contribution >= 0.6 is 0 Å². The molecule has 4 N–H and O–H groups in total. The van der Waals surface area contributed by atoms with Crippen molar-refractivity contribution in [1.29, 1.82) is 0 Å². The quantitative estimate of drug-likeness (QED) is 0.543. The summed E-state index contributed by atoms with van der Waals surface area (Å²) in [4.78, 5) is 38.0. The zero-order valence-corrected chi connectivity index (χ0v) is 18.3. The minimum atomic E-state index is -0.991. The first-order chi connectivity index (χ1) is 14.2. The van der Waals surface area contributed by atoms with Crippen molar-refractivity contribution in [2.24, 2.45) is 23.5 Å². The van der Waals surface area contributed by atoms with E-state index in [9.17, 15) is 19.5 Å². The van der Waals surface area contributed by atoms with E-state index in [1.807, 2.05) is 18.2 Å². The predicted octanol–water partition coefficient (Wildman–Crippen LogP) is 2.59. The first-order valence-electron chi connectivity index (χ1n) is 11.0. The Balaban J connectivity index is 2.02. The molecular weight excluding hydrogens is 380 g/mol. The number of Topliss-reactive ketones (excluding diaryl/α,β-unsaturated/α-hetero) is 2. The summed E-state index contributed by atoms with van der Waals surface area (Å²) in [7, 11) is 0. The minimum Gasteiger partial charge on any atom is -0.393 e. The van der Waals surface area contributed by atoms with Crippen LogP contribution < -0.4 is 11.1 Å². The molecule has 166 valence electrons. The summed E-state index contributed by atoms with van der Waals surface area (Å²) < 4.78 is 0. The van der Waals surface area contributed by atoms with Gasteiger partial charge in [0.25, 0.3) is 0 Å². The molecule has 0 radical (unpaired) electrons. The Morgan fingerprint density at radius 1 is 1.13 bits per heavy atom. The van der Waals surface area contributed by atoms with Crippen LogP contribution in [0.3, 0.4) is 0 Å². The van der Waals surface area contributed by atoms with Crippen molar-refractivity contribution in [2.45, 2.75) is 70.9 Å². The number of carbonyl (C=O) groups excluding carboxylic acids is 3. The van der Waals surface area contributed by atoms with E-state index in [4.69, 9.17) is 5.73 Å². The number of carbonyl (C=O) groups is 3. The van der Waals surface area contributed by atoms with E-state index < -0.39 is 24.0 Å². The Labute approximate surface area is 179 Å². The van der Waals surface area contributed by atoms with Gasteiger partial charge in [-0.2, -0.15) is 0 Å². The average Bonchev–Trinajstić information content (AvgIpc) is 2.75. The van der Waals surface area contributed by atoms with Gasteiger partial charge in [-0.15, -0.1) is 0 Å². The molecule has 30 heavy (non-hydrogen) atoms. The van der Waals surface area contributed by atoms with Crippen molar-refractivity contribution in [2.75, 3.05) is 6.54 Å². The Bertz CT molecular complexity index is 717. The highest BCUT2D eigenvalue weighted by Crippen LogP contribution is 2.37. The number of aliphatic hydroxyl groups excluding tert-OH is 1. The van der Waals surface area contributed by atoms with Crippen LogP contribution in [0.25, 0.3) is 0 Å². The molecule has 0 spiro atoms. The first kappa shape index (κ1) is 24.2. The van der Waals surface area contributed by atoms with E-state index in [1.165, 1.54) is 12.5 Å². The molecule has 5 atom stereocenters. The normalized spacial score (nSPS) is 22.2. The summed E-state index contributed by atoms with van der Waals surface area (Å²) >= 11 is 0. The van der Waals surface area contributed by atoms with Crippen LogP contribution in [0.4, 0.5) is 0 Å². The van der Waals surface area contributed by atoms with Crippen molar-refractivity contribution >= 4 is 17.5 Å². The van der Waals surface area contributed by atoms with Crippen LogP contribution in [0.5, 0.6) is 0 Å². The van der Waals surface area contributed by atoms with Gasteiger partial charge in [0.05, 0.1) is 18.1 Å². The molecule has 1 saturated carbocycles. The molecule has 1 aromatic rings. The Kier molecular flexibility index (Phi) is 9.18. The summed E-state index contributed by atoms with van der Waals surface area (Å²) in [5.74, 6) is -1.54. The molecule has 1 aliphatic carbocycles. The molecule has 1 fully saturated rings. The molecule has 1 aromatic carbocycles. The smallest absolute Gasteiger partial charge is 0.226 e. The van der Waals surface area contributed by atoms with Gasteiger partial charge >= 0.3 is 0 Å². The summed E-state index contributed by atoms with van der Waals surface area (Å²) in [6.45, 7) is 5.00. The van der Waals surface area contributed by atoms with Crippen molar-refractivity contribution in [1.82, 2.24) is 5.32 Å². The summed E-state index contributed by atoms with van der Waals surface area (Å²) in [6, 6.07) is 9.41. The molecule has 6 heteroatoms. The van der Waals surface area contributed by atoms with Crippen molar-refractivity contribution in [3.05, 3.63) is 35.9 Å². The minimum absolute atomic E-state index is 0.00932. The highest BCUT2D eigenvalue weighted by Gasteiger charge is 2.34. The maximum absolute atomic E-state index is 13.0. The largest absolute Gasteiger partial charge is 0.393 e. The van der Waals surface area contributed by atoms with Crippen LogP contribution in [0.2, 0.25) is 0 Å². The number of nitrogens with one attached hydrogen (secondary N) is 1. The lowest BCUT2D eigenvalue weighted by atomic mass is 9.75. The zero-order valence-electron chi connectivity index (χ0n) is 18.3. The van der Waals surface area contributed by atoms with Gasteiger partial charge in [-0.3, -0.25) is 14.4 Å². The summed E-state index contributed by atoms with van der Waals surface area (Å²) in [5, 5.41) is 12.8. The third-order valence-corrected chi connectivity index (χ3v) is 6.21. The Hall–Kier alpha value is -2.05. The van der Waals surface area contributed by atoms with Gasteiger partial charge in [-0.25, -0.2) is 0 Å². The van der Waals surface area contributed by atoms with E-state index in [1.54, 1.807) is 13.8 Å². The third kappa shape index (κ3) is 6.47. The van der Waals surface area contributed by atoms with E-state index in [0.29, 0.717) is 5.92 Å². The molecule has 6 nitrogen and oxygen atoms in total. The van der Waals surface area contributed by atoms with Gasteiger partial charge in [-0.05, 0) is 37.7 Å². The molecule has 1 aliphatic rings. The first-order valence-corrected chi connectivity index (χ1v) is 11.0. The number of amides is 1. The molecule has 1 amide bonds. The van der Waals surface area contributed by atoms with E-state index in [2.05, 4.69) is 17.4 Å². The zero-order chi connectivity index (χ0) is 22.3. The number of benzene rings is 1. The van der Waals surface area contributed by atoms with Crippen molar-refractivity contribution in [3.8, 4) is 0 Å². The van der Waals surface area contributed by atoms with E-state index in [0.717, 1.165) is 25.7 Å². The lowest BCUT2D eigenvalue weighted by Gasteiger charge is -2.30. The number of rotatable bonds is 10. The number of ketones is 2. The van der Waals surface area contributed by atoms with Crippen molar-refractivity contribution in [3.63, 3.8) is 0 Å². The second-order valence-electron chi connectivity index (χ2n) is 8.84. The molecule has 0 saturated heterocycles. The lowest BCUT2D eigenvalue weighted by Crippen LogP contribution is -2.51. The van der Waals surface area contributed by atoms with Crippen LogP contribution in [-0.4, -0.2) is 41.3 Å². The number of hydrogen-bond donors (Lipinski definition) is 3. The highest BCUT2D eigenvalue weighted by molar-refractivity contribution is 5.93. The fourth-order valence-electron chi connectivity index (χ4n) is 4.30. The summed E-state index contributed by atoms with van der Waals surface area (Å²) in [5.41, 5.74) is 6.91. The van der Waals surface area contributed by atoms with Crippen LogP contribution in [0, 0.1) is 17.8 Å². The molecule has 0 heterocycles. The van der Waals surface area contributed by atoms with Gasteiger partial charge in [0.15, 0.2) is 5.78 Å². The molecule has 0 aromatic heterocycles. The standard InChI is InChI=1S/C24H36N2O4/c1-15(2)23(29)21(14-25)26-24(30)20(16(3)27)13-22(28)19-11-7-10-18(12-19)17-8-5-4-6-9-17/h4-6,8-9,15-16,18-21,27H,7,10-14,25H2,1-3H3,(H,26,30)/t16-,18?,19+,20-,21-/m0/s1. The maximum Gasteiger partial charge on any atom is 0.226 e. The second-order valence-corrected chi connectivity index (χ2v) is 8.84. The van der Waals surface area contributed by atoms with E-state index in [-0.39, 0.29) is 36.4 Å². The van der Waals surface area contributed by atoms with Gasteiger partial charge < -0.3 is 16.2 Å². The molecule has 1 unspecified atom stereocenters.